The summed E-state index contributed by atoms with van der Waals surface area (Å²) in [6.07, 6.45) is 8.19. The van der Waals surface area contributed by atoms with Gasteiger partial charge in [-0.1, -0.05) is 13.3 Å². The summed E-state index contributed by atoms with van der Waals surface area (Å²) in [5.74, 6) is 1.29. The number of hydrogen-bond acceptors (Lipinski definition) is 2. The second kappa shape index (κ2) is 6.05. The minimum absolute atomic E-state index is 0.0760. The molecule has 1 heterocycles. The first-order valence-electron chi connectivity index (χ1n) is 7.66. The van der Waals surface area contributed by atoms with Crippen molar-refractivity contribution in [2.75, 3.05) is 26.7 Å². The third kappa shape index (κ3) is 3.05. The van der Waals surface area contributed by atoms with Gasteiger partial charge in [-0.05, 0) is 58.0 Å². The lowest BCUT2D eigenvalue weighted by molar-refractivity contribution is -0.138. The number of carbonyl (C=O) groups is 1. The second-order valence-corrected chi connectivity index (χ2v) is 6.16. The number of likely N-dealkylation sites (tertiary alicyclic amines) is 1. The molecule has 104 valence electrons. The fraction of sp³-hybridized carbons (Fsp3) is 0.933. The highest BCUT2D eigenvalue weighted by atomic mass is 16.2. The first-order chi connectivity index (χ1) is 8.72. The van der Waals surface area contributed by atoms with Crippen LogP contribution in [0.1, 0.15) is 51.9 Å². The second-order valence-electron chi connectivity index (χ2n) is 6.16. The average Bonchev–Trinajstić information content (AvgIpc) is 3.17. The molecule has 0 atom stereocenters. The van der Waals surface area contributed by atoms with Crippen molar-refractivity contribution in [1.29, 1.82) is 0 Å². The van der Waals surface area contributed by atoms with Crippen molar-refractivity contribution in [3.63, 3.8) is 0 Å². The van der Waals surface area contributed by atoms with Gasteiger partial charge in [-0.15, -0.1) is 0 Å². The lowest BCUT2D eigenvalue weighted by Gasteiger charge is -2.34. The monoisotopic (exact) mass is 252 g/mol. The Hall–Kier alpha value is -0.570. The summed E-state index contributed by atoms with van der Waals surface area (Å²) >= 11 is 0. The molecule has 0 aromatic carbocycles. The van der Waals surface area contributed by atoms with Crippen molar-refractivity contribution >= 4 is 5.91 Å². The number of nitrogens with zero attached hydrogens (tertiary/aromatic N) is 1. The summed E-state index contributed by atoms with van der Waals surface area (Å²) in [5.41, 5.74) is 0.0760. The molecule has 3 nitrogen and oxygen atoms in total. The number of amides is 1. The highest BCUT2D eigenvalue weighted by Gasteiger charge is 2.50. The highest BCUT2D eigenvalue weighted by molar-refractivity contribution is 5.85. The number of hydrogen-bond donors (Lipinski definition) is 1. The molecule has 18 heavy (non-hydrogen) atoms. The minimum atomic E-state index is 0.0760. The highest BCUT2D eigenvalue weighted by Crippen LogP contribution is 2.51. The van der Waals surface area contributed by atoms with E-state index in [1.165, 1.54) is 19.3 Å². The van der Waals surface area contributed by atoms with E-state index in [0.717, 1.165) is 51.2 Å². The summed E-state index contributed by atoms with van der Waals surface area (Å²) in [6.45, 7) is 5.30. The maximum absolute atomic E-state index is 12.5. The van der Waals surface area contributed by atoms with Crippen molar-refractivity contribution in [3.05, 3.63) is 0 Å². The van der Waals surface area contributed by atoms with Gasteiger partial charge in [-0.25, -0.2) is 0 Å². The number of rotatable bonds is 6. The van der Waals surface area contributed by atoms with Gasteiger partial charge < -0.3 is 10.2 Å². The van der Waals surface area contributed by atoms with Gasteiger partial charge in [-0.2, -0.15) is 0 Å². The SMILES string of the molecule is CCCC1(C(=O)N2CCC(CCNC)CC2)CC1. The Bertz CT molecular complexity index is 278. The van der Waals surface area contributed by atoms with Crippen LogP contribution in [0.4, 0.5) is 0 Å². The third-order valence-electron chi connectivity index (χ3n) is 4.74. The molecule has 0 aromatic rings. The van der Waals surface area contributed by atoms with Crippen LogP contribution in [0.15, 0.2) is 0 Å². The van der Waals surface area contributed by atoms with Crippen LogP contribution in [0.3, 0.4) is 0 Å². The molecule has 0 bridgehead atoms. The average molecular weight is 252 g/mol. The zero-order valence-corrected chi connectivity index (χ0v) is 12.0. The van der Waals surface area contributed by atoms with Gasteiger partial charge in [-0.3, -0.25) is 4.79 Å². The summed E-state index contributed by atoms with van der Waals surface area (Å²) in [7, 11) is 2.01. The third-order valence-corrected chi connectivity index (χ3v) is 4.74. The molecule has 2 aliphatic rings. The zero-order chi connectivity index (χ0) is 13.0. The van der Waals surface area contributed by atoms with Crippen LogP contribution >= 0.6 is 0 Å². The van der Waals surface area contributed by atoms with E-state index >= 15 is 0 Å². The van der Waals surface area contributed by atoms with E-state index in [9.17, 15) is 4.79 Å². The quantitative estimate of drug-likeness (QED) is 0.787. The molecule has 1 aliphatic heterocycles. The molecule has 2 rings (SSSR count). The Balaban J connectivity index is 1.77. The summed E-state index contributed by atoms with van der Waals surface area (Å²) < 4.78 is 0. The largest absolute Gasteiger partial charge is 0.342 e. The van der Waals surface area contributed by atoms with Crippen molar-refractivity contribution in [3.8, 4) is 0 Å². The lowest BCUT2D eigenvalue weighted by atomic mass is 9.91. The maximum atomic E-state index is 12.5. The van der Waals surface area contributed by atoms with Crippen LogP contribution in [-0.2, 0) is 4.79 Å². The number of carbonyl (C=O) groups excluding carboxylic acids is 1. The first kappa shape index (κ1) is 13.9. The van der Waals surface area contributed by atoms with E-state index in [4.69, 9.17) is 0 Å². The molecule has 1 saturated carbocycles. The molecule has 0 unspecified atom stereocenters. The molecule has 2 fully saturated rings. The molecule has 0 aromatic heterocycles. The van der Waals surface area contributed by atoms with E-state index in [1.54, 1.807) is 0 Å². The van der Waals surface area contributed by atoms with E-state index in [-0.39, 0.29) is 5.41 Å². The maximum Gasteiger partial charge on any atom is 0.228 e. The van der Waals surface area contributed by atoms with Crippen LogP contribution in [-0.4, -0.2) is 37.5 Å². The van der Waals surface area contributed by atoms with Crippen LogP contribution in [0.5, 0.6) is 0 Å². The fourth-order valence-electron chi connectivity index (χ4n) is 3.31. The minimum Gasteiger partial charge on any atom is -0.342 e. The van der Waals surface area contributed by atoms with Crippen LogP contribution in [0, 0.1) is 11.3 Å². The van der Waals surface area contributed by atoms with Crippen molar-refractivity contribution in [1.82, 2.24) is 10.2 Å². The zero-order valence-electron chi connectivity index (χ0n) is 12.0. The molecule has 1 N–H and O–H groups in total. The molecular formula is C15H28N2O. The van der Waals surface area contributed by atoms with Gasteiger partial charge in [0.15, 0.2) is 0 Å². The molecule has 3 heteroatoms. The van der Waals surface area contributed by atoms with E-state index < -0.39 is 0 Å². The van der Waals surface area contributed by atoms with Gasteiger partial charge in [0.1, 0.15) is 0 Å². The van der Waals surface area contributed by atoms with Crippen molar-refractivity contribution in [2.45, 2.75) is 51.9 Å². The summed E-state index contributed by atoms with van der Waals surface area (Å²) in [5, 5.41) is 3.22. The van der Waals surface area contributed by atoms with Crippen molar-refractivity contribution < 1.29 is 4.79 Å². The molecule has 1 amide bonds. The first-order valence-corrected chi connectivity index (χ1v) is 7.66. The smallest absolute Gasteiger partial charge is 0.228 e. The number of piperidine rings is 1. The van der Waals surface area contributed by atoms with Crippen molar-refractivity contribution in [2.24, 2.45) is 11.3 Å². The van der Waals surface area contributed by atoms with Gasteiger partial charge in [0.05, 0.1) is 0 Å². The van der Waals surface area contributed by atoms with Crippen LogP contribution in [0.2, 0.25) is 0 Å². The van der Waals surface area contributed by atoms with Crippen LogP contribution < -0.4 is 5.32 Å². The lowest BCUT2D eigenvalue weighted by Crippen LogP contribution is -2.42. The molecule has 0 radical (unpaired) electrons. The molecule has 1 aliphatic carbocycles. The predicted octanol–water partition coefficient (Wildman–Crippen LogP) is 2.41. The molecule has 0 spiro atoms. The Kier molecular flexibility index (Phi) is 4.66. The fourth-order valence-corrected chi connectivity index (χ4v) is 3.31. The molecule has 1 saturated heterocycles. The van der Waals surface area contributed by atoms with E-state index in [0.29, 0.717) is 5.91 Å². The topological polar surface area (TPSA) is 32.3 Å². The molecular weight excluding hydrogens is 224 g/mol. The Morgan fingerprint density at radius 3 is 2.50 bits per heavy atom. The Labute approximate surface area is 111 Å². The van der Waals surface area contributed by atoms with Gasteiger partial charge in [0.2, 0.25) is 5.91 Å². The van der Waals surface area contributed by atoms with Gasteiger partial charge in [0.25, 0.3) is 0 Å². The van der Waals surface area contributed by atoms with Gasteiger partial charge >= 0.3 is 0 Å². The van der Waals surface area contributed by atoms with Crippen LogP contribution in [0.25, 0.3) is 0 Å². The Morgan fingerprint density at radius 2 is 2.00 bits per heavy atom. The normalized spacial score (nSPS) is 23.1. The van der Waals surface area contributed by atoms with Gasteiger partial charge in [0, 0.05) is 18.5 Å². The summed E-state index contributed by atoms with van der Waals surface area (Å²) in [4.78, 5) is 14.7. The predicted molar refractivity (Wildman–Crippen MR) is 74.4 cm³/mol. The van der Waals surface area contributed by atoms with E-state index in [1.807, 2.05) is 7.05 Å². The summed E-state index contributed by atoms with van der Waals surface area (Å²) in [6, 6.07) is 0. The standard InChI is InChI=1S/C15H28N2O/c1-3-7-15(8-9-15)14(18)17-11-5-13(6-12-17)4-10-16-2/h13,16H,3-12H2,1-2H3. The number of nitrogens with one attached hydrogen (secondary N) is 1. The Morgan fingerprint density at radius 1 is 1.33 bits per heavy atom. The van der Waals surface area contributed by atoms with E-state index in [2.05, 4.69) is 17.1 Å².